The number of rotatable bonds is 19. The summed E-state index contributed by atoms with van der Waals surface area (Å²) < 4.78 is 21.0. The molecule has 2 N–H and O–H groups in total. The van der Waals surface area contributed by atoms with Crippen molar-refractivity contribution >= 4 is 34.5 Å². The van der Waals surface area contributed by atoms with Crippen LogP contribution in [0.25, 0.3) is 10.8 Å². The van der Waals surface area contributed by atoms with Gasteiger partial charge in [0.1, 0.15) is 30.1 Å². The summed E-state index contributed by atoms with van der Waals surface area (Å²) in [6.07, 6.45) is 10.4. The predicted octanol–water partition coefficient (Wildman–Crippen LogP) is 11.1. The second kappa shape index (κ2) is 19.5. The van der Waals surface area contributed by atoms with Crippen molar-refractivity contribution in [3.8, 4) is 17.2 Å². The Morgan fingerprint density at radius 2 is 1.62 bits per heavy atom. The number of allylic oxidation sites excluding steroid dienone is 1. The molecule has 8 rings (SSSR count). The Bertz CT molecular complexity index is 2330. The van der Waals surface area contributed by atoms with E-state index in [0.29, 0.717) is 42.9 Å². The van der Waals surface area contributed by atoms with Crippen LogP contribution < -0.4 is 9.47 Å². The van der Waals surface area contributed by atoms with Crippen molar-refractivity contribution in [2.24, 2.45) is 22.9 Å². The summed E-state index contributed by atoms with van der Waals surface area (Å²) in [7, 11) is 0. The molecule has 5 aromatic carbocycles. The number of carbonyl (C=O) groups excluding carboxylic acids is 1. The van der Waals surface area contributed by atoms with E-state index in [4.69, 9.17) is 24.2 Å². The van der Waals surface area contributed by atoms with E-state index in [9.17, 15) is 15.0 Å². The number of benzene rings is 5. The lowest BCUT2D eigenvalue weighted by Crippen LogP contribution is -2.64. The van der Waals surface area contributed by atoms with E-state index in [1.807, 2.05) is 54.6 Å². The lowest BCUT2D eigenvalue weighted by atomic mass is 9.56. The Labute approximate surface area is 356 Å². The van der Waals surface area contributed by atoms with Crippen molar-refractivity contribution in [2.45, 2.75) is 73.4 Å². The summed E-state index contributed by atoms with van der Waals surface area (Å²) in [6.45, 7) is 4.96. The normalized spacial score (nSPS) is 23.5. The van der Waals surface area contributed by atoms with Crippen LogP contribution in [-0.2, 0) is 16.2 Å². The molecule has 1 saturated carbocycles. The molecule has 1 aliphatic heterocycles. The molecular formula is C51H53NO7S. The number of aliphatic hydroxyl groups is 2. The second-order valence-electron chi connectivity index (χ2n) is 15.9. The van der Waals surface area contributed by atoms with Gasteiger partial charge in [-0.05, 0) is 102 Å². The van der Waals surface area contributed by atoms with E-state index >= 15 is 0 Å². The highest BCUT2D eigenvalue weighted by atomic mass is 32.2. The zero-order valence-electron chi connectivity index (χ0n) is 33.9. The van der Waals surface area contributed by atoms with Gasteiger partial charge in [-0.3, -0.25) is 4.79 Å². The minimum Gasteiger partial charge on any atom is -0.460 e. The van der Waals surface area contributed by atoms with Gasteiger partial charge in [-0.2, -0.15) is 0 Å². The minimum absolute atomic E-state index is 0.0967. The molecule has 9 heteroatoms. The van der Waals surface area contributed by atoms with Gasteiger partial charge in [0.2, 0.25) is 5.79 Å². The van der Waals surface area contributed by atoms with Gasteiger partial charge in [0.25, 0.3) is 0 Å². The Hall–Kier alpha value is -5.19. The fraction of sp³-hybridized carbons (Fsp3) is 0.333. The number of carbonyl (C=O) groups is 1. The molecule has 0 saturated heterocycles. The van der Waals surface area contributed by atoms with E-state index in [1.54, 1.807) is 30.0 Å². The summed E-state index contributed by atoms with van der Waals surface area (Å²) in [5.74, 6) is 0.716. The van der Waals surface area contributed by atoms with Crippen LogP contribution >= 0.6 is 11.8 Å². The third kappa shape index (κ3) is 8.96. The first-order valence-electron chi connectivity index (χ1n) is 21.2. The predicted molar refractivity (Wildman–Crippen MR) is 238 cm³/mol. The van der Waals surface area contributed by atoms with Crippen molar-refractivity contribution in [1.82, 2.24) is 0 Å². The molecule has 310 valence electrons. The van der Waals surface area contributed by atoms with Crippen LogP contribution in [0.15, 0.2) is 150 Å². The second-order valence-corrected chi connectivity index (χ2v) is 17.2. The van der Waals surface area contributed by atoms with Crippen LogP contribution in [0.2, 0.25) is 0 Å². The molecule has 3 aliphatic rings. The SMILES string of the molecule is C=CCOC12Oc3ccc(Oc4cccc(C=O)c4)cc3C3C(CCCCO)C(CCCCO)C=C(C(=NOCc4ccccc4)CC1Sc1ccc4ccccc4c1)C32. The highest BCUT2D eigenvalue weighted by Crippen LogP contribution is 2.63. The number of thioether (sulfide) groups is 1. The summed E-state index contributed by atoms with van der Waals surface area (Å²) >= 11 is 1.75. The van der Waals surface area contributed by atoms with Gasteiger partial charge in [-0.1, -0.05) is 103 Å². The molecule has 1 heterocycles. The Kier molecular flexibility index (Phi) is 13.5. The maximum Gasteiger partial charge on any atom is 0.231 e. The van der Waals surface area contributed by atoms with E-state index in [-0.39, 0.29) is 48.7 Å². The van der Waals surface area contributed by atoms with E-state index in [2.05, 4.69) is 61.2 Å². The maximum atomic E-state index is 11.6. The molecule has 5 aromatic rings. The first kappa shape index (κ1) is 41.5. The van der Waals surface area contributed by atoms with Gasteiger partial charge in [-0.25, -0.2) is 0 Å². The standard InChI is InChI=1S/C51H53NO7S/c1-2-27-56-51-48(60-42-23-21-37-16-6-7-17-38(37)29-42)32-46(52-57-34-35-13-4-3-5-14-35)44-30-39(18-8-10-25-53)43(20-9-11-26-54)49(50(44)51)45-31-41(22-24-47(45)59-51)58-40-19-12-15-36(28-40)33-55/h2-7,12-17,19,21-24,28-31,33,39,43,48-50,53-54H,1,8-11,18,20,25-27,32,34H2. The summed E-state index contributed by atoms with van der Waals surface area (Å²) in [6, 6.07) is 38.2. The zero-order valence-corrected chi connectivity index (χ0v) is 34.7. The van der Waals surface area contributed by atoms with Crippen LogP contribution in [0.1, 0.15) is 72.3 Å². The van der Waals surface area contributed by atoms with Crippen molar-refractivity contribution in [3.05, 3.63) is 156 Å². The molecule has 0 radical (unpaired) electrons. The first-order valence-corrected chi connectivity index (χ1v) is 22.0. The number of nitrogens with zero attached hydrogens (tertiary/aromatic N) is 1. The van der Waals surface area contributed by atoms with Crippen LogP contribution in [0.4, 0.5) is 0 Å². The molecule has 2 aliphatic carbocycles. The van der Waals surface area contributed by atoms with Gasteiger partial charge in [0, 0.05) is 41.6 Å². The quantitative estimate of drug-likeness (QED) is 0.0367. The van der Waals surface area contributed by atoms with Crippen LogP contribution in [0.5, 0.6) is 17.2 Å². The molecule has 60 heavy (non-hydrogen) atoms. The van der Waals surface area contributed by atoms with E-state index in [0.717, 1.165) is 70.4 Å². The topological polar surface area (TPSA) is 107 Å². The number of ether oxygens (including phenoxy) is 3. The Balaban J connectivity index is 1.30. The molecule has 1 fully saturated rings. The van der Waals surface area contributed by atoms with Crippen molar-refractivity contribution < 1.29 is 34.1 Å². The highest BCUT2D eigenvalue weighted by Gasteiger charge is 2.64. The van der Waals surface area contributed by atoms with Gasteiger partial charge < -0.3 is 29.3 Å². The molecular weight excluding hydrogens is 771 g/mol. The molecule has 0 spiro atoms. The number of oxime groups is 1. The van der Waals surface area contributed by atoms with Crippen molar-refractivity contribution in [3.63, 3.8) is 0 Å². The lowest BCUT2D eigenvalue weighted by Gasteiger charge is -2.58. The summed E-state index contributed by atoms with van der Waals surface area (Å²) in [5, 5.41) is 27.0. The number of hydrogen-bond acceptors (Lipinski definition) is 9. The van der Waals surface area contributed by atoms with Crippen LogP contribution in [0, 0.1) is 17.8 Å². The molecule has 0 bridgehead atoms. The summed E-state index contributed by atoms with van der Waals surface area (Å²) in [5.41, 5.74) is 4.53. The van der Waals surface area contributed by atoms with E-state index < -0.39 is 5.79 Å². The largest absolute Gasteiger partial charge is 0.460 e. The number of fused-ring (bicyclic) bond motifs is 3. The minimum atomic E-state index is -1.13. The van der Waals surface area contributed by atoms with Gasteiger partial charge in [0.05, 0.1) is 23.5 Å². The fourth-order valence-corrected chi connectivity index (χ4v) is 10.8. The van der Waals surface area contributed by atoms with Crippen molar-refractivity contribution in [2.75, 3.05) is 19.8 Å². The third-order valence-electron chi connectivity index (χ3n) is 12.1. The monoisotopic (exact) mass is 823 g/mol. The average Bonchev–Trinajstić information content (AvgIpc) is 3.28. The Morgan fingerprint density at radius 3 is 2.42 bits per heavy atom. The molecule has 8 nitrogen and oxygen atoms in total. The molecule has 6 unspecified atom stereocenters. The third-order valence-corrected chi connectivity index (χ3v) is 13.4. The van der Waals surface area contributed by atoms with Gasteiger partial charge >= 0.3 is 0 Å². The highest BCUT2D eigenvalue weighted by molar-refractivity contribution is 8.00. The number of aliphatic hydroxyl groups excluding tert-OH is 2. The average molecular weight is 824 g/mol. The fourth-order valence-electron chi connectivity index (χ4n) is 9.44. The Morgan fingerprint density at radius 1 is 0.833 bits per heavy atom. The molecule has 0 amide bonds. The number of unbranched alkanes of at least 4 members (excludes halogenated alkanes) is 2. The summed E-state index contributed by atoms with van der Waals surface area (Å²) in [4.78, 5) is 19.0. The van der Waals surface area contributed by atoms with Crippen LogP contribution in [0.3, 0.4) is 0 Å². The van der Waals surface area contributed by atoms with Crippen molar-refractivity contribution in [1.29, 1.82) is 0 Å². The van der Waals surface area contributed by atoms with Gasteiger partial charge in [0.15, 0.2) is 0 Å². The number of hydrogen-bond donors (Lipinski definition) is 2. The number of aldehydes is 1. The maximum absolute atomic E-state index is 11.6. The molecule has 0 aromatic heterocycles. The first-order chi connectivity index (χ1) is 29.5. The smallest absolute Gasteiger partial charge is 0.231 e. The lowest BCUT2D eigenvalue weighted by molar-refractivity contribution is -0.223. The van der Waals surface area contributed by atoms with Crippen LogP contribution in [-0.4, -0.2) is 53.1 Å². The van der Waals surface area contributed by atoms with E-state index in [1.165, 1.54) is 5.39 Å². The van der Waals surface area contributed by atoms with Gasteiger partial charge in [-0.15, -0.1) is 18.3 Å². The zero-order chi connectivity index (χ0) is 41.3. The molecule has 6 atom stereocenters.